The Kier molecular flexibility index (Phi) is 4.13. The second kappa shape index (κ2) is 5.37. The molecule has 1 aromatic rings. The van der Waals surface area contributed by atoms with Gasteiger partial charge >= 0.3 is 5.97 Å². The van der Waals surface area contributed by atoms with E-state index in [1.807, 2.05) is 6.92 Å². The molecule has 0 bridgehead atoms. The third-order valence-corrected chi connectivity index (χ3v) is 2.00. The Morgan fingerprint density at radius 3 is 2.75 bits per heavy atom. The number of carbonyl (C=O) groups is 1. The summed E-state index contributed by atoms with van der Waals surface area (Å²) in [5.74, 6) is -1.23. The first kappa shape index (κ1) is 12.3. The van der Waals surface area contributed by atoms with Crippen molar-refractivity contribution in [2.24, 2.45) is 0 Å². The fourth-order valence-electron chi connectivity index (χ4n) is 1.17. The number of carboxylic acids is 1. The molecule has 0 heterocycles. The quantitative estimate of drug-likeness (QED) is 0.704. The zero-order chi connectivity index (χ0) is 12.1. The first-order valence-electron chi connectivity index (χ1n) is 4.92. The van der Waals surface area contributed by atoms with Crippen LogP contribution in [-0.2, 0) is 4.79 Å². The van der Waals surface area contributed by atoms with Crippen LogP contribution in [0.5, 0.6) is 11.5 Å². The van der Waals surface area contributed by atoms with Crippen LogP contribution in [-0.4, -0.2) is 27.9 Å². The lowest BCUT2D eigenvalue weighted by Gasteiger charge is -2.10. The molecule has 0 saturated carbocycles. The summed E-state index contributed by atoms with van der Waals surface area (Å²) in [5.41, 5.74) is 0.177. The van der Waals surface area contributed by atoms with Crippen molar-refractivity contribution < 1.29 is 24.9 Å². The minimum atomic E-state index is -1.61. The van der Waals surface area contributed by atoms with E-state index in [9.17, 15) is 15.0 Å². The number of hydrogen-bond acceptors (Lipinski definition) is 4. The summed E-state index contributed by atoms with van der Waals surface area (Å²) in [6, 6.07) is 3.96. The van der Waals surface area contributed by atoms with Crippen LogP contribution in [0.3, 0.4) is 0 Å². The van der Waals surface area contributed by atoms with Crippen LogP contribution in [0.4, 0.5) is 0 Å². The van der Waals surface area contributed by atoms with Crippen LogP contribution in [0, 0.1) is 0 Å². The topological polar surface area (TPSA) is 87.0 Å². The number of aliphatic hydroxyl groups excluding tert-OH is 1. The maximum absolute atomic E-state index is 10.6. The number of phenols is 1. The van der Waals surface area contributed by atoms with Gasteiger partial charge in [-0.15, -0.1) is 0 Å². The third-order valence-electron chi connectivity index (χ3n) is 2.00. The van der Waals surface area contributed by atoms with Crippen molar-refractivity contribution in [2.75, 3.05) is 6.61 Å². The van der Waals surface area contributed by atoms with E-state index in [2.05, 4.69) is 0 Å². The molecule has 3 N–H and O–H groups in total. The minimum Gasteiger partial charge on any atom is -0.504 e. The number of aliphatic carboxylic acids is 1. The van der Waals surface area contributed by atoms with Gasteiger partial charge in [0.1, 0.15) is 0 Å². The maximum Gasteiger partial charge on any atom is 0.337 e. The summed E-state index contributed by atoms with van der Waals surface area (Å²) in [5, 5.41) is 27.3. The Morgan fingerprint density at radius 2 is 2.19 bits per heavy atom. The molecule has 0 aromatic heterocycles. The highest BCUT2D eigenvalue weighted by molar-refractivity contribution is 5.74. The minimum absolute atomic E-state index is 0.0743. The Balaban J connectivity index is 2.92. The number of phenolic OH excluding ortho intramolecular Hbond substituents is 1. The highest BCUT2D eigenvalue weighted by atomic mass is 16.5. The first-order chi connectivity index (χ1) is 7.56. The monoisotopic (exact) mass is 226 g/mol. The molecule has 5 nitrogen and oxygen atoms in total. The molecule has 0 spiro atoms. The van der Waals surface area contributed by atoms with Gasteiger partial charge in [-0.3, -0.25) is 0 Å². The van der Waals surface area contributed by atoms with E-state index in [-0.39, 0.29) is 17.1 Å². The number of rotatable bonds is 5. The first-order valence-corrected chi connectivity index (χ1v) is 4.92. The molecule has 5 heteroatoms. The van der Waals surface area contributed by atoms with Gasteiger partial charge in [-0.25, -0.2) is 4.79 Å². The highest BCUT2D eigenvalue weighted by Crippen LogP contribution is 2.29. The predicted molar refractivity (Wildman–Crippen MR) is 56.5 cm³/mol. The molecule has 0 aliphatic rings. The molecule has 0 amide bonds. The molecular weight excluding hydrogens is 212 g/mol. The SMILES string of the molecule is CCCOc1cc(C(O)C(=O)O)ccc1O. The van der Waals surface area contributed by atoms with Crippen molar-refractivity contribution in [3.05, 3.63) is 23.8 Å². The molecule has 16 heavy (non-hydrogen) atoms. The van der Waals surface area contributed by atoms with Crippen molar-refractivity contribution in [1.82, 2.24) is 0 Å². The van der Waals surface area contributed by atoms with Gasteiger partial charge in [-0.2, -0.15) is 0 Å². The van der Waals surface area contributed by atoms with Crippen LogP contribution < -0.4 is 4.74 Å². The Hall–Kier alpha value is -1.75. The van der Waals surface area contributed by atoms with E-state index < -0.39 is 12.1 Å². The predicted octanol–water partition coefficient (Wildman–Crippen LogP) is 1.30. The summed E-state index contributed by atoms with van der Waals surface area (Å²) < 4.78 is 5.20. The van der Waals surface area contributed by atoms with E-state index in [1.165, 1.54) is 18.2 Å². The zero-order valence-corrected chi connectivity index (χ0v) is 8.88. The normalized spacial score (nSPS) is 12.1. The van der Waals surface area contributed by atoms with Gasteiger partial charge in [0.15, 0.2) is 17.6 Å². The number of carboxylic acid groups (broad SMARTS) is 1. The molecule has 0 saturated heterocycles. The average Bonchev–Trinajstić information content (AvgIpc) is 2.27. The molecule has 1 atom stereocenters. The molecule has 1 aromatic carbocycles. The smallest absolute Gasteiger partial charge is 0.337 e. The molecular formula is C11H14O5. The summed E-state index contributed by atoms with van der Waals surface area (Å²) in [4.78, 5) is 10.6. The van der Waals surface area contributed by atoms with Crippen molar-refractivity contribution in [1.29, 1.82) is 0 Å². The van der Waals surface area contributed by atoms with Crippen molar-refractivity contribution in [3.63, 3.8) is 0 Å². The number of aromatic hydroxyl groups is 1. The number of aliphatic hydroxyl groups is 1. The van der Waals surface area contributed by atoms with Gasteiger partial charge < -0.3 is 20.1 Å². The average molecular weight is 226 g/mol. The van der Waals surface area contributed by atoms with Gasteiger partial charge in [0.2, 0.25) is 0 Å². The Labute approximate surface area is 92.9 Å². The van der Waals surface area contributed by atoms with E-state index in [4.69, 9.17) is 9.84 Å². The molecule has 0 fully saturated rings. The van der Waals surface area contributed by atoms with Crippen molar-refractivity contribution in [3.8, 4) is 11.5 Å². The lowest BCUT2D eigenvalue weighted by Crippen LogP contribution is -2.10. The van der Waals surface area contributed by atoms with Gasteiger partial charge in [-0.1, -0.05) is 13.0 Å². The summed E-state index contributed by atoms with van der Waals surface area (Å²) in [6.45, 7) is 2.33. The zero-order valence-electron chi connectivity index (χ0n) is 8.88. The number of ether oxygens (including phenoxy) is 1. The van der Waals surface area contributed by atoms with Crippen LogP contribution >= 0.6 is 0 Å². The van der Waals surface area contributed by atoms with E-state index in [1.54, 1.807) is 0 Å². The van der Waals surface area contributed by atoms with E-state index >= 15 is 0 Å². The van der Waals surface area contributed by atoms with Crippen LogP contribution in [0.15, 0.2) is 18.2 Å². The van der Waals surface area contributed by atoms with Crippen LogP contribution in [0.1, 0.15) is 25.0 Å². The molecule has 0 aliphatic carbocycles. The van der Waals surface area contributed by atoms with E-state index in [0.717, 1.165) is 6.42 Å². The van der Waals surface area contributed by atoms with Crippen molar-refractivity contribution >= 4 is 5.97 Å². The Bertz CT molecular complexity index is 375. The largest absolute Gasteiger partial charge is 0.504 e. The molecule has 0 radical (unpaired) electrons. The van der Waals surface area contributed by atoms with Crippen LogP contribution in [0.25, 0.3) is 0 Å². The summed E-state index contributed by atoms with van der Waals surface area (Å²) in [7, 11) is 0. The van der Waals surface area contributed by atoms with Gasteiger partial charge in [0.05, 0.1) is 6.61 Å². The number of hydrogen-bond donors (Lipinski definition) is 3. The van der Waals surface area contributed by atoms with Gasteiger partial charge in [0.25, 0.3) is 0 Å². The summed E-state index contributed by atoms with van der Waals surface area (Å²) in [6.07, 6.45) is -0.838. The fourth-order valence-corrected chi connectivity index (χ4v) is 1.17. The number of benzene rings is 1. The maximum atomic E-state index is 10.6. The third kappa shape index (κ3) is 2.87. The van der Waals surface area contributed by atoms with Crippen LogP contribution in [0.2, 0.25) is 0 Å². The fraction of sp³-hybridized carbons (Fsp3) is 0.364. The molecule has 0 aliphatic heterocycles. The standard InChI is InChI=1S/C11H14O5/c1-2-5-16-9-6-7(3-4-8(9)12)10(13)11(14)15/h3-4,6,10,12-13H,2,5H2,1H3,(H,14,15). The molecule has 1 unspecified atom stereocenters. The lowest BCUT2D eigenvalue weighted by molar-refractivity contribution is -0.146. The van der Waals surface area contributed by atoms with E-state index in [0.29, 0.717) is 6.61 Å². The lowest BCUT2D eigenvalue weighted by atomic mass is 10.1. The molecule has 88 valence electrons. The van der Waals surface area contributed by atoms with Gasteiger partial charge in [-0.05, 0) is 24.1 Å². The van der Waals surface area contributed by atoms with Crippen molar-refractivity contribution in [2.45, 2.75) is 19.4 Å². The summed E-state index contributed by atoms with van der Waals surface area (Å²) >= 11 is 0. The van der Waals surface area contributed by atoms with Gasteiger partial charge in [0, 0.05) is 0 Å². The highest BCUT2D eigenvalue weighted by Gasteiger charge is 2.17. The molecule has 1 rings (SSSR count). The second-order valence-electron chi connectivity index (χ2n) is 3.32. The Morgan fingerprint density at radius 1 is 1.50 bits per heavy atom. The second-order valence-corrected chi connectivity index (χ2v) is 3.32.